The molecule has 0 atom stereocenters. The summed E-state index contributed by atoms with van der Waals surface area (Å²) >= 11 is 0. The van der Waals surface area contributed by atoms with Crippen LogP contribution in [0.3, 0.4) is 0 Å². The first-order valence-electron chi connectivity index (χ1n) is 6.51. The minimum Gasteiger partial charge on any atom is -0.285 e. The highest BCUT2D eigenvalue weighted by Gasteiger charge is 2.20. The van der Waals surface area contributed by atoms with Crippen LogP contribution in [0.2, 0.25) is 0 Å². The minimum atomic E-state index is -0.595. The minimum absolute atomic E-state index is 0.172. The maximum Gasteiger partial charge on any atom is 0.251 e. The molecule has 0 N–H and O–H groups in total. The third kappa shape index (κ3) is 2.33. The summed E-state index contributed by atoms with van der Waals surface area (Å²) in [5.74, 6) is -1.15. The van der Waals surface area contributed by atoms with Gasteiger partial charge in [-0.3, -0.25) is 14.3 Å². The van der Waals surface area contributed by atoms with Crippen LogP contribution in [0, 0.1) is 6.92 Å². The van der Waals surface area contributed by atoms with E-state index in [1.165, 1.54) is 0 Å². The van der Waals surface area contributed by atoms with Gasteiger partial charge in [0, 0.05) is 23.7 Å². The molecule has 0 fully saturated rings. The summed E-state index contributed by atoms with van der Waals surface area (Å²) in [7, 11) is 1.83. The number of carbonyl (C=O) groups excluding carboxylic acids is 2. The summed E-state index contributed by atoms with van der Waals surface area (Å²) in [6, 6.07) is 10.1. The zero-order valence-electron chi connectivity index (χ0n) is 11.7. The number of fused-ring (bicyclic) bond motifs is 1. The highest BCUT2D eigenvalue weighted by Crippen LogP contribution is 2.16. The number of nitrogens with zero attached hydrogens (tertiary/aromatic N) is 3. The third-order valence-electron chi connectivity index (χ3n) is 3.34. The second-order valence-corrected chi connectivity index (χ2v) is 4.86. The molecule has 0 saturated heterocycles. The standard InChI is InChI=1S/C16H13N3O2/c1-10-4-3-5-13(18-10)16(21)15(20)11-6-7-14-12(8-11)9-17-19(14)2/h3-9H,1-2H3. The number of ketones is 2. The molecule has 0 bridgehead atoms. The van der Waals surface area contributed by atoms with Crippen molar-refractivity contribution in [2.45, 2.75) is 6.92 Å². The molecule has 0 aliphatic rings. The average Bonchev–Trinajstić information content (AvgIpc) is 2.86. The van der Waals surface area contributed by atoms with Gasteiger partial charge in [0.25, 0.3) is 5.78 Å². The van der Waals surface area contributed by atoms with Gasteiger partial charge in [0.05, 0.1) is 11.7 Å². The number of aromatic nitrogens is 3. The summed E-state index contributed by atoms with van der Waals surface area (Å²) in [5.41, 5.74) is 2.14. The van der Waals surface area contributed by atoms with Gasteiger partial charge in [-0.1, -0.05) is 6.07 Å². The van der Waals surface area contributed by atoms with E-state index in [4.69, 9.17) is 0 Å². The van der Waals surface area contributed by atoms with Gasteiger partial charge >= 0.3 is 0 Å². The van der Waals surface area contributed by atoms with E-state index in [0.717, 1.165) is 10.9 Å². The molecule has 3 aromatic rings. The fourth-order valence-electron chi connectivity index (χ4n) is 2.22. The van der Waals surface area contributed by atoms with Crippen molar-refractivity contribution in [2.24, 2.45) is 7.05 Å². The van der Waals surface area contributed by atoms with E-state index >= 15 is 0 Å². The molecule has 3 rings (SSSR count). The molecule has 0 amide bonds. The Bertz CT molecular complexity index is 865. The monoisotopic (exact) mass is 279 g/mol. The molecule has 0 aliphatic heterocycles. The van der Waals surface area contributed by atoms with E-state index < -0.39 is 11.6 Å². The average molecular weight is 279 g/mol. The van der Waals surface area contributed by atoms with Gasteiger partial charge in [-0.25, -0.2) is 4.98 Å². The third-order valence-corrected chi connectivity index (χ3v) is 3.34. The molecule has 0 saturated carbocycles. The maximum atomic E-state index is 12.3. The van der Waals surface area contributed by atoms with Crippen LogP contribution in [0.15, 0.2) is 42.6 Å². The van der Waals surface area contributed by atoms with Gasteiger partial charge in [-0.15, -0.1) is 0 Å². The molecule has 104 valence electrons. The Morgan fingerprint density at radius 2 is 1.90 bits per heavy atom. The fraction of sp³-hybridized carbons (Fsp3) is 0.125. The highest BCUT2D eigenvalue weighted by molar-refractivity contribution is 6.49. The maximum absolute atomic E-state index is 12.3. The number of benzene rings is 1. The molecule has 0 aliphatic carbocycles. The van der Waals surface area contributed by atoms with Crippen molar-refractivity contribution < 1.29 is 9.59 Å². The number of pyridine rings is 1. The van der Waals surface area contributed by atoms with Gasteiger partial charge < -0.3 is 0 Å². The molecule has 5 nitrogen and oxygen atoms in total. The second kappa shape index (κ2) is 4.94. The predicted molar refractivity (Wildman–Crippen MR) is 78.3 cm³/mol. The molecule has 0 radical (unpaired) electrons. The van der Waals surface area contributed by atoms with Crippen molar-refractivity contribution in [3.63, 3.8) is 0 Å². The first kappa shape index (κ1) is 13.2. The molecule has 2 heterocycles. The van der Waals surface area contributed by atoms with Crippen LogP contribution >= 0.6 is 0 Å². The molecular formula is C16H13N3O2. The van der Waals surface area contributed by atoms with Crippen LogP contribution in [0.4, 0.5) is 0 Å². The van der Waals surface area contributed by atoms with E-state index in [-0.39, 0.29) is 5.69 Å². The van der Waals surface area contributed by atoms with Crippen molar-refractivity contribution in [3.05, 3.63) is 59.5 Å². The zero-order valence-corrected chi connectivity index (χ0v) is 11.7. The van der Waals surface area contributed by atoms with Crippen molar-refractivity contribution in [1.29, 1.82) is 0 Å². The molecule has 1 aromatic carbocycles. The summed E-state index contributed by atoms with van der Waals surface area (Å²) in [5, 5.41) is 4.95. The summed E-state index contributed by atoms with van der Waals surface area (Å²) in [6.45, 7) is 1.78. The molecule has 0 spiro atoms. The van der Waals surface area contributed by atoms with E-state index in [0.29, 0.717) is 11.3 Å². The first-order valence-corrected chi connectivity index (χ1v) is 6.51. The van der Waals surface area contributed by atoms with Crippen molar-refractivity contribution >= 4 is 22.5 Å². The van der Waals surface area contributed by atoms with Crippen molar-refractivity contribution in [1.82, 2.24) is 14.8 Å². The van der Waals surface area contributed by atoms with Gasteiger partial charge in [-0.05, 0) is 37.3 Å². The van der Waals surface area contributed by atoms with Crippen LogP contribution in [-0.2, 0) is 7.05 Å². The Balaban J connectivity index is 1.98. The Labute approximate surface area is 121 Å². The van der Waals surface area contributed by atoms with Crippen molar-refractivity contribution in [2.75, 3.05) is 0 Å². The Morgan fingerprint density at radius 3 is 2.67 bits per heavy atom. The number of rotatable bonds is 3. The van der Waals surface area contributed by atoms with Crippen LogP contribution in [0.1, 0.15) is 26.5 Å². The van der Waals surface area contributed by atoms with Crippen LogP contribution in [0.5, 0.6) is 0 Å². The number of hydrogen-bond donors (Lipinski definition) is 0. The summed E-state index contributed by atoms with van der Waals surface area (Å²) in [4.78, 5) is 28.6. The Hall–Kier alpha value is -2.82. The molecule has 5 heteroatoms. The normalized spacial score (nSPS) is 10.8. The Morgan fingerprint density at radius 1 is 1.10 bits per heavy atom. The van der Waals surface area contributed by atoms with Crippen LogP contribution < -0.4 is 0 Å². The van der Waals surface area contributed by atoms with Gasteiger partial charge in [-0.2, -0.15) is 5.10 Å². The first-order chi connectivity index (χ1) is 10.1. The largest absolute Gasteiger partial charge is 0.285 e. The number of hydrogen-bond acceptors (Lipinski definition) is 4. The molecule has 21 heavy (non-hydrogen) atoms. The van der Waals surface area contributed by atoms with Gasteiger partial charge in [0.2, 0.25) is 5.78 Å². The lowest BCUT2D eigenvalue weighted by molar-refractivity contribution is 0.0814. The topological polar surface area (TPSA) is 64.8 Å². The van der Waals surface area contributed by atoms with Crippen LogP contribution in [0.25, 0.3) is 10.9 Å². The number of carbonyl (C=O) groups is 2. The van der Waals surface area contributed by atoms with Gasteiger partial charge in [0.1, 0.15) is 5.69 Å². The van der Waals surface area contributed by atoms with E-state index in [9.17, 15) is 9.59 Å². The highest BCUT2D eigenvalue weighted by atomic mass is 16.2. The van der Waals surface area contributed by atoms with E-state index in [2.05, 4.69) is 10.1 Å². The predicted octanol–water partition coefficient (Wildman–Crippen LogP) is 2.34. The van der Waals surface area contributed by atoms with E-state index in [1.807, 2.05) is 7.05 Å². The lowest BCUT2D eigenvalue weighted by Crippen LogP contribution is -2.16. The molecule has 2 aromatic heterocycles. The quantitative estimate of drug-likeness (QED) is 0.545. The van der Waals surface area contributed by atoms with Crippen LogP contribution in [-0.4, -0.2) is 26.3 Å². The second-order valence-electron chi connectivity index (χ2n) is 4.86. The number of Topliss-reactive ketones (excluding diaryl/α,β-unsaturated/α-hetero) is 2. The number of aryl methyl sites for hydroxylation is 2. The summed E-state index contributed by atoms with van der Waals surface area (Å²) in [6.07, 6.45) is 1.67. The van der Waals surface area contributed by atoms with E-state index in [1.54, 1.807) is 54.2 Å². The molecule has 0 unspecified atom stereocenters. The lowest BCUT2D eigenvalue weighted by Gasteiger charge is -2.02. The molecular weight excluding hydrogens is 266 g/mol. The van der Waals surface area contributed by atoms with Crippen molar-refractivity contribution in [3.8, 4) is 0 Å². The fourth-order valence-corrected chi connectivity index (χ4v) is 2.22. The van der Waals surface area contributed by atoms with Gasteiger partial charge in [0.15, 0.2) is 0 Å². The lowest BCUT2D eigenvalue weighted by atomic mass is 10.0. The smallest absolute Gasteiger partial charge is 0.251 e. The summed E-state index contributed by atoms with van der Waals surface area (Å²) < 4.78 is 1.72. The zero-order chi connectivity index (χ0) is 15.0. The Kier molecular flexibility index (Phi) is 3.10. The SMILES string of the molecule is Cc1cccc(C(=O)C(=O)c2ccc3c(cnn3C)c2)n1.